The zero-order valence-corrected chi connectivity index (χ0v) is 16.4. The molecule has 0 unspecified atom stereocenters. The summed E-state index contributed by atoms with van der Waals surface area (Å²) in [5.41, 5.74) is 10.4. The van der Waals surface area contributed by atoms with E-state index in [1.165, 1.54) is 44.5 Å². The van der Waals surface area contributed by atoms with Gasteiger partial charge in [-0.2, -0.15) is 0 Å². The second-order valence-electron chi connectivity index (χ2n) is 8.15. The Kier molecular flexibility index (Phi) is 3.16. The first kappa shape index (κ1) is 16.2. The summed E-state index contributed by atoms with van der Waals surface area (Å²) in [5.74, 6) is 0.993. The topological polar surface area (TPSA) is 9.86 Å². The lowest BCUT2D eigenvalue weighted by Gasteiger charge is -2.22. The smallest absolute Gasteiger partial charge is 0.188 e. The van der Waals surface area contributed by atoms with E-state index in [0.717, 1.165) is 5.82 Å². The van der Waals surface area contributed by atoms with Crippen molar-refractivity contribution in [2.24, 2.45) is 7.05 Å². The van der Waals surface area contributed by atoms with Gasteiger partial charge in [0.1, 0.15) is 5.69 Å². The van der Waals surface area contributed by atoms with Gasteiger partial charge in [0.2, 0.25) is 0 Å². The fourth-order valence-electron chi connectivity index (χ4n) is 4.72. The van der Waals surface area contributed by atoms with Gasteiger partial charge in [-0.1, -0.05) is 38.1 Å². The van der Waals surface area contributed by atoms with Crippen molar-refractivity contribution in [3.63, 3.8) is 0 Å². The number of hydrogen-bond donors (Lipinski definition) is 0. The minimum Gasteiger partial charge on any atom is -0.294 e. The fraction of sp³-hybridized carbons (Fsp3) is 0.200. The Hall–Kier alpha value is -3.00. The van der Waals surface area contributed by atoms with Crippen LogP contribution in [0.1, 0.15) is 36.4 Å². The van der Waals surface area contributed by atoms with Gasteiger partial charge < -0.3 is 0 Å². The molecular weight excluding hydrogens is 328 g/mol. The summed E-state index contributed by atoms with van der Waals surface area (Å²) in [6.07, 6.45) is 0. The molecule has 1 heterocycles. The summed E-state index contributed by atoms with van der Waals surface area (Å²) in [5, 5.41) is 0. The van der Waals surface area contributed by atoms with Gasteiger partial charge in [0.15, 0.2) is 11.0 Å². The van der Waals surface area contributed by atoms with Crippen molar-refractivity contribution in [2.75, 3.05) is 0 Å². The number of hydrogen-bond acceptors (Lipinski definition) is 0. The SMILES string of the molecule is [CH2-][c+]1n(C)c2ccccc2n1-c1cc2c(cc1C)-c1ccccc1C2(C)C. The quantitative estimate of drug-likeness (QED) is 0.369. The van der Waals surface area contributed by atoms with Crippen LogP contribution >= 0.6 is 0 Å². The van der Waals surface area contributed by atoms with Gasteiger partial charge in [-0.15, -0.1) is 0 Å². The average Bonchev–Trinajstić information content (AvgIpc) is 3.04. The molecule has 0 saturated heterocycles. The summed E-state index contributed by atoms with van der Waals surface area (Å²) in [6, 6.07) is 22.1. The molecule has 0 amide bonds. The standard InChI is InChI=1S/C25H24N2/c1-16-14-19-18-10-6-7-11-20(18)25(3,4)21(19)15-24(16)27-17(2)26(5)22-12-8-9-13-23(22)27/h6-15H,2H2,1,3-5H3. The maximum absolute atomic E-state index is 4.37. The predicted octanol–water partition coefficient (Wildman–Crippen LogP) is 6.05. The summed E-state index contributed by atoms with van der Waals surface area (Å²) < 4.78 is 4.46. The minimum absolute atomic E-state index is 0.000847. The van der Waals surface area contributed by atoms with Crippen molar-refractivity contribution in [3.8, 4) is 16.8 Å². The molecule has 5 rings (SSSR count). The van der Waals surface area contributed by atoms with E-state index in [0.29, 0.717) is 0 Å². The van der Waals surface area contributed by atoms with E-state index in [-0.39, 0.29) is 5.41 Å². The molecule has 0 spiro atoms. The van der Waals surface area contributed by atoms with Gasteiger partial charge in [0.05, 0.1) is 0 Å². The maximum atomic E-state index is 4.37. The molecular formula is C25H24N2. The third-order valence-electron chi connectivity index (χ3n) is 6.27. The molecule has 2 nitrogen and oxygen atoms in total. The number of nitrogens with zero attached hydrogens (tertiary/aromatic N) is 2. The number of fused-ring (bicyclic) bond motifs is 4. The van der Waals surface area contributed by atoms with E-state index < -0.39 is 0 Å². The highest BCUT2D eigenvalue weighted by atomic mass is 15.2. The largest absolute Gasteiger partial charge is 0.294 e. The van der Waals surface area contributed by atoms with Crippen LogP contribution in [-0.4, -0.2) is 9.13 Å². The van der Waals surface area contributed by atoms with E-state index in [4.69, 9.17) is 0 Å². The molecule has 0 radical (unpaired) electrons. The van der Waals surface area contributed by atoms with Crippen molar-refractivity contribution in [1.82, 2.24) is 9.13 Å². The third-order valence-corrected chi connectivity index (χ3v) is 6.27. The number of aryl methyl sites for hydroxylation is 2. The van der Waals surface area contributed by atoms with Crippen LogP contribution in [0, 0.1) is 13.8 Å². The zero-order valence-electron chi connectivity index (χ0n) is 16.4. The molecule has 134 valence electrons. The Labute approximate surface area is 160 Å². The summed E-state index contributed by atoms with van der Waals surface area (Å²) in [4.78, 5) is 0. The Balaban J connectivity index is 1.84. The molecule has 0 atom stereocenters. The van der Waals surface area contributed by atoms with Crippen LogP contribution in [-0.2, 0) is 12.5 Å². The van der Waals surface area contributed by atoms with Crippen LogP contribution in [0.4, 0.5) is 0 Å². The Morgan fingerprint density at radius 3 is 2.30 bits per heavy atom. The maximum Gasteiger partial charge on any atom is 0.188 e. The van der Waals surface area contributed by atoms with Crippen LogP contribution in [0.3, 0.4) is 0 Å². The van der Waals surface area contributed by atoms with Crippen LogP contribution < -0.4 is 0 Å². The lowest BCUT2D eigenvalue weighted by molar-refractivity contribution is 0.659. The number of para-hydroxylation sites is 2. The van der Waals surface area contributed by atoms with Crippen molar-refractivity contribution in [1.29, 1.82) is 0 Å². The van der Waals surface area contributed by atoms with Crippen LogP contribution in [0.15, 0.2) is 60.7 Å². The Bertz CT molecular complexity index is 1220. The number of aromatic nitrogens is 2. The van der Waals surface area contributed by atoms with Crippen molar-refractivity contribution in [2.45, 2.75) is 26.2 Å². The molecule has 1 aliphatic carbocycles. The second-order valence-corrected chi connectivity index (χ2v) is 8.15. The first-order valence-electron chi connectivity index (χ1n) is 9.48. The normalized spacial score (nSPS) is 14.4. The summed E-state index contributed by atoms with van der Waals surface area (Å²) >= 11 is 0. The first-order valence-corrected chi connectivity index (χ1v) is 9.48. The van der Waals surface area contributed by atoms with Gasteiger partial charge in [0.25, 0.3) is 0 Å². The van der Waals surface area contributed by atoms with Crippen LogP contribution in [0.5, 0.6) is 0 Å². The molecule has 1 aromatic heterocycles. The Morgan fingerprint density at radius 2 is 1.52 bits per heavy atom. The number of rotatable bonds is 1. The van der Waals surface area contributed by atoms with Gasteiger partial charge in [-0.05, 0) is 47.4 Å². The van der Waals surface area contributed by atoms with Crippen molar-refractivity contribution >= 4 is 11.0 Å². The third kappa shape index (κ3) is 2.01. The molecule has 0 fully saturated rings. The van der Waals surface area contributed by atoms with Crippen LogP contribution in [0.2, 0.25) is 0 Å². The number of benzene rings is 3. The molecule has 0 bridgehead atoms. The lowest BCUT2D eigenvalue weighted by Crippen LogP contribution is -2.15. The van der Waals surface area contributed by atoms with Gasteiger partial charge in [-0.3, -0.25) is 11.5 Å². The van der Waals surface area contributed by atoms with E-state index >= 15 is 0 Å². The van der Waals surface area contributed by atoms with E-state index in [1.54, 1.807) is 0 Å². The highest BCUT2D eigenvalue weighted by molar-refractivity contribution is 5.84. The molecule has 4 aromatic rings. The molecule has 0 saturated carbocycles. The average molecular weight is 352 g/mol. The van der Waals surface area contributed by atoms with E-state index in [1.807, 2.05) is 0 Å². The highest BCUT2D eigenvalue weighted by Gasteiger charge is 2.36. The Morgan fingerprint density at radius 1 is 0.852 bits per heavy atom. The fourth-order valence-corrected chi connectivity index (χ4v) is 4.72. The highest BCUT2D eigenvalue weighted by Crippen LogP contribution is 2.49. The summed E-state index contributed by atoms with van der Waals surface area (Å²) in [7, 11) is 2.09. The van der Waals surface area contributed by atoms with Crippen molar-refractivity contribution in [3.05, 3.63) is 90.1 Å². The van der Waals surface area contributed by atoms with Gasteiger partial charge in [-0.25, -0.2) is 4.57 Å². The number of imidazole rings is 1. The molecule has 3 aromatic carbocycles. The van der Waals surface area contributed by atoms with E-state index in [9.17, 15) is 0 Å². The summed E-state index contributed by atoms with van der Waals surface area (Å²) in [6.45, 7) is 11.2. The van der Waals surface area contributed by atoms with Gasteiger partial charge >= 0.3 is 0 Å². The first-order chi connectivity index (χ1) is 12.9. The van der Waals surface area contributed by atoms with E-state index in [2.05, 4.69) is 105 Å². The molecule has 27 heavy (non-hydrogen) atoms. The molecule has 1 aliphatic rings. The second kappa shape index (κ2) is 5.26. The molecule has 0 N–H and O–H groups in total. The van der Waals surface area contributed by atoms with Crippen LogP contribution in [0.25, 0.3) is 27.8 Å². The predicted molar refractivity (Wildman–Crippen MR) is 113 cm³/mol. The van der Waals surface area contributed by atoms with Gasteiger partial charge in [0, 0.05) is 42.0 Å². The monoisotopic (exact) mass is 352 g/mol. The van der Waals surface area contributed by atoms with Crippen molar-refractivity contribution < 1.29 is 0 Å². The molecule has 2 heteroatoms. The molecule has 0 aliphatic heterocycles. The lowest BCUT2D eigenvalue weighted by atomic mass is 9.82. The minimum atomic E-state index is 0.000847. The zero-order chi connectivity index (χ0) is 18.9.